The minimum atomic E-state index is 0. The smallest absolute Gasteiger partial charge is 0.224 e. The van der Waals surface area contributed by atoms with Crippen molar-refractivity contribution in [2.45, 2.75) is 25.8 Å². The van der Waals surface area contributed by atoms with Crippen LogP contribution in [0.5, 0.6) is 0 Å². The Morgan fingerprint density at radius 1 is 1.60 bits per heavy atom. The molecule has 1 amide bonds. The molecular formula is C10H21ClN2O2. The number of hydrogen-bond acceptors (Lipinski definition) is 3. The van der Waals surface area contributed by atoms with Gasteiger partial charge in [0.1, 0.15) is 0 Å². The summed E-state index contributed by atoms with van der Waals surface area (Å²) in [7, 11) is 1.86. The second kappa shape index (κ2) is 7.91. The van der Waals surface area contributed by atoms with E-state index in [9.17, 15) is 4.79 Å². The van der Waals surface area contributed by atoms with E-state index in [0.29, 0.717) is 19.6 Å². The van der Waals surface area contributed by atoms with E-state index in [1.807, 2.05) is 11.9 Å². The third kappa shape index (κ3) is 4.36. The van der Waals surface area contributed by atoms with Crippen LogP contribution in [0.1, 0.15) is 19.8 Å². The van der Waals surface area contributed by atoms with Gasteiger partial charge in [-0.05, 0) is 13.5 Å². The predicted molar refractivity (Wildman–Crippen MR) is 62.4 cm³/mol. The molecule has 1 saturated heterocycles. The molecule has 4 nitrogen and oxygen atoms in total. The van der Waals surface area contributed by atoms with Crippen molar-refractivity contribution in [3.63, 3.8) is 0 Å². The van der Waals surface area contributed by atoms with Crippen LogP contribution < -0.4 is 5.32 Å². The highest BCUT2D eigenvalue weighted by molar-refractivity contribution is 5.85. The predicted octanol–water partition coefficient (Wildman–Crippen LogP) is 0.655. The monoisotopic (exact) mass is 236 g/mol. The first kappa shape index (κ1) is 14.7. The van der Waals surface area contributed by atoms with Gasteiger partial charge in [0.25, 0.3) is 0 Å². The fraction of sp³-hybridized carbons (Fsp3) is 0.900. The Balaban J connectivity index is 0.00000196. The zero-order chi connectivity index (χ0) is 10.4. The summed E-state index contributed by atoms with van der Waals surface area (Å²) in [4.78, 5) is 13.7. The van der Waals surface area contributed by atoms with E-state index in [1.165, 1.54) is 0 Å². The number of ether oxygens (including phenoxy) is 1. The van der Waals surface area contributed by atoms with E-state index in [-0.39, 0.29) is 24.4 Å². The molecule has 1 atom stereocenters. The van der Waals surface area contributed by atoms with Crippen LogP contribution in [-0.4, -0.2) is 50.2 Å². The summed E-state index contributed by atoms with van der Waals surface area (Å²) in [5, 5.41) is 2.99. The Labute approximate surface area is 97.8 Å². The number of carbonyl (C=O) groups excluding carboxylic acids is 1. The van der Waals surface area contributed by atoms with Crippen LogP contribution in [0.2, 0.25) is 0 Å². The number of morpholine rings is 1. The molecule has 1 unspecified atom stereocenters. The van der Waals surface area contributed by atoms with Gasteiger partial charge in [0.2, 0.25) is 5.91 Å². The van der Waals surface area contributed by atoms with Crippen molar-refractivity contribution in [1.82, 2.24) is 10.2 Å². The van der Waals surface area contributed by atoms with Gasteiger partial charge in [-0.1, -0.05) is 6.92 Å². The first-order valence-electron chi connectivity index (χ1n) is 5.31. The average Bonchev–Trinajstić information content (AvgIpc) is 2.25. The fourth-order valence-corrected chi connectivity index (χ4v) is 1.70. The highest BCUT2D eigenvalue weighted by Crippen LogP contribution is 2.11. The van der Waals surface area contributed by atoms with E-state index < -0.39 is 0 Å². The molecule has 0 spiro atoms. The summed E-state index contributed by atoms with van der Waals surface area (Å²) < 4.78 is 5.35. The Morgan fingerprint density at radius 2 is 2.33 bits per heavy atom. The number of rotatable bonds is 4. The van der Waals surface area contributed by atoms with Crippen LogP contribution in [0.4, 0.5) is 0 Å². The van der Waals surface area contributed by atoms with Crippen LogP contribution >= 0.6 is 12.4 Å². The molecule has 1 aliphatic rings. The number of nitrogens with zero attached hydrogens (tertiary/aromatic N) is 1. The summed E-state index contributed by atoms with van der Waals surface area (Å²) >= 11 is 0. The largest absolute Gasteiger partial charge is 0.377 e. The van der Waals surface area contributed by atoms with Gasteiger partial charge in [0.05, 0.1) is 19.3 Å². The molecule has 0 aliphatic carbocycles. The standard InChI is InChI=1S/C10H20N2O2.ClH/c1-3-9-8-14-7-6-12(9)10(13)4-5-11-2;/h9,11H,3-8H2,1-2H3;1H. The highest BCUT2D eigenvalue weighted by Gasteiger charge is 2.24. The Bertz CT molecular complexity index is 190. The molecule has 0 aromatic carbocycles. The molecule has 1 heterocycles. The van der Waals surface area contributed by atoms with E-state index in [1.54, 1.807) is 0 Å². The van der Waals surface area contributed by atoms with Gasteiger partial charge in [0, 0.05) is 19.5 Å². The SMILES string of the molecule is CCC1COCCN1C(=O)CCNC.Cl. The lowest BCUT2D eigenvalue weighted by Gasteiger charge is -2.35. The minimum absolute atomic E-state index is 0. The zero-order valence-electron chi connectivity index (χ0n) is 9.49. The molecule has 1 N–H and O–H groups in total. The normalized spacial score (nSPS) is 20.9. The lowest BCUT2D eigenvalue weighted by Crippen LogP contribution is -2.48. The summed E-state index contributed by atoms with van der Waals surface area (Å²) in [6.45, 7) is 4.98. The topological polar surface area (TPSA) is 41.6 Å². The van der Waals surface area contributed by atoms with Crippen LogP contribution in [0.15, 0.2) is 0 Å². The molecule has 90 valence electrons. The Morgan fingerprint density at radius 3 is 2.93 bits per heavy atom. The third-order valence-electron chi connectivity index (χ3n) is 2.61. The van der Waals surface area contributed by atoms with Gasteiger partial charge in [-0.15, -0.1) is 12.4 Å². The van der Waals surface area contributed by atoms with Crippen molar-refractivity contribution >= 4 is 18.3 Å². The number of nitrogens with one attached hydrogen (secondary N) is 1. The molecule has 1 rings (SSSR count). The molecule has 0 aromatic heterocycles. The summed E-state index contributed by atoms with van der Waals surface area (Å²) in [6.07, 6.45) is 1.57. The van der Waals surface area contributed by atoms with Crippen molar-refractivity contribution in [2.75, 3.05) is 33.4 Å². The van der Waals surface area contributed by atoms with Crippen LogP contribution in [0, 0.1) is 0 Å². The Kier molecular flexibility index (Phi) is 7.74. The molecule has 0 bridgehead atoms. The van der Waals surface area contributed by atoms with Gasteiger partial charge >= 0.3 is 0 Å². The van der Waals surface area contributed by atoms with E-state index in [0.717, 1.165) is 19.5 Å². The maximum Gasteiger partial charge on any atom is 0.224 e. The lowest BCUT2D eigenvalue weighted by molar-refractivity contribution is -0.139. The average molecular weight is 237 g/mol. The molecule has 5 heteroatoms. The lowest BCUT2D eigenvalue weighted by atomic mass is 10.1. The van der Waals surface area contributed by atoms with Crippen LogP contribution in [0.3, 0.4) is 0 Å². The van der Waals surface area contributed by atoms with E-state index in [2.05, 4.69) is 12.2 Å². The maximum atomic E-state index is 11.8. The molecule has 0 saturated carbocycles. The van der Waals surface area contributed by atoms with Gasteiger partial charge in [-0.25, -0.2) is 0 Å². The molecule has 1 aliphatic heterocycles. The van der Waals surface area contributed by atoms with Gasteiger partial charge in [0.15, 0.2) is 0 Å². The summed E-state index contributed by atoms with van der Waals surface area (Å²) in [5.74, 6) is 0.245. The van der Waals surface area contributed by atoms with Gasteiger partial charge in [-0.3, -0.25) is 4.79 Å². The minimum Gasteiger partial charge on any atom is -0.377 e. The zero-order valence-corrected chi connectivity index (χ0v) is 10.3. The van der Waals surface area contributed by atoms with Gasteiger partial charge in [-0.2, -0.15) is 0 Å². The van der Waals surface area contributed by atoms with Crippen molar-refractivity contribution in [3.8, 4) is 0 Å². The first-order valence-corrected chi connectivity index (χ1v) is 5.31. The van der Waals surface area contributed by atoms with Crippen molar-refractivity contribution < 1.29 is 9.53 Å². The quantitative estimate of drug-likeness (QED) is 0.780. The summed E-state index contributed by atoms with van der Waals surface area (Å²) in [6, 6.07) is 0.285. The molecule has 15 heavy (non-hydrogen) atoms. The maximum absolute atomic E-state index is 11.8. The van der Waals surface area contributed by atoms with Crippen molar-refractivity contribution in [2.24, 2.45) is 0 Å². The number of amides is 1. The number of halogens is 1. The molecule has 1 fully saturated rings. The van der Waals surface area contributed by atoms with Crippen molar-refractivity contribution in [1.29, 1.82) is 0 Å². The molecular weight excluding hydrogens is 216 g/mol. The van der Waals surface area contributed by atoms with Crippen molar-refractivity contribution in [3.05, 3.63) is 0 Å². The Hall–Kier alpha value is -0.320. The van der Waals surface area contributed by atoms with Gasteiger partial charge < -0.3 is 15.0 Å². The van der Waals surface area contributed by atoms with E-state index >= 15 is 0 Å². The molecule has 0 radical (unpaired) electrons. The van der Waals surface area contributed by atoms with Crippen LogP contribution in [-0.2, 0) is 9.53 Å². The molecule has 0 aromatic rings. The fourth-order valence-electron chi connectivity index (χ4n) is 1.70. The van der Waals surface area contributed by atoms with Crippen LogP contribution in [0.25, 0.3) is 0 Å². The number of hydrogen-bond donors (Lipinski definition) is 1. The highest BCUT2D eigenvalue weighted by atomic mass is 35.5. The third-order valence-corrected chi connectivity index (χ3v) is 2.61. The second-order valence-corrected chi connectivity index (χ2v) is 3.58. The van der Waals surface area contributed by atoms with E-state index in [4.69, 9.17) is 4.74 Å². The summed E-state index contributed by atoms with van der Waals surface area (Å²) in [5.41, 5.74) is 0. The first-order chi connectivity index (χ1) is 6.79. The second-order valence-electron chi connectivity index (χ2n) is 3.58. The number of carbonyl (C=O) groups is 1.